The standard InChI is InChI=1S/C28H24Cl3N3O5/c29-21-2-1-3-22(30)24(21)25(32)19(26(35)15-4-5-15)12-39-18-6-7-20(23(31)9-18)28(38)13-34(14-28)17-8-16(27(36)37)10-33-11-17/h1-3,6-11,15,32,35,38H,4-5,12-14H2,(H,36,37)/b26-19-,32-25?. The molecule has 11 heteroatoms. The maximum absolute atomic E-state index is 11.2. The number of pyridine rings is 1. The predicted molar refractivity (Wildman–Crippen MR) is 150 cm³/mol. The number of halogens is 3. The minimum Gasteiger partial charge on any atom is -0.512 e. The van der Waals surface area contributed by atoms with Crippen LogP contribution >= 0.6 is 34.8 Å². The molecule has 2 fully saturated rings. The summed E-state index contributed by atoms with van der Waals surface area (Å²) in [6.45, 7) is 0.300. The number of allylic oxidation sites excluding steroid dienone is 1. The second-order valence-corrected chi connectivity index (χ2v) is 10.9. The molecule has 1 saturated heterocycles. The molecule has 0 radical (unpaired) electrons. The van der Waals surface area contributed by atoms with Crippen LogP contribution in [0.1, 0.15) is 34.3 Å². The summed E-state index contributed by atoms with van der Waals surface area (Å²) in [6.07, 6.45) is 4.46. The Balaban J connectivity index is 1.30. The molecule has 0 amide bonds. The number of aliphatic hydroxyl groups excluding tert-OH is 1. The lowest BCUT2D eigenvalue weighted by atomic mass is 9.85. The summed E-state index contributed by atoms with van der Waals surface area (Å²) in [5.74, 6) is -0.629. The smallest absolute Gasteiger partial charge is 0.337 e. The largest absolute Gasteiger partial charge is 0.512 e. The van der Waals surface area contributed by atoms with Gasteiger partial charge in [-0.1, -0.05) is 46.9 Å². The third kappa shape index (κ3) is 5.56. The molecule has 2 aliphatic rings. The van der Waals surface area contributed by atoms with Crippen molar-refractivity contribution < 1.29 is 24.9 Å². The van der Waals surface area contributed by atoms with E-state index in [0.717, 1.165) is 12.8 Å². The van der Waals surface area contributed by atoms with E-state index in [4.69, 9.17) is 44.9 Å². The van der Waals surface area contributed by atoms with Crippen LogP contribution in [0, 0.1) is 11.3 Å². The highest BCUT2D eigenvalue weighted by Gasteiger charge is 2.44. The van der Waals surface area contributed by atoms with Crippen LogP contribution in [0.3, 0.4) is 0 Å². The molecule has 3 aromatic rings. The average molecular weight is 589 g/mol. The fraction of sp³-hybridized carbons (Fsp3) is 0.250. The number of β-amino-alcohol motifs (C(OH)–C–C–N with tert-alkyl or cyclic N) is 1. The van der Waals surface area contributed by atoms with Crippen LogP contribution in [-0.2, 0) is 5.60 Å². The lowest BCUT2D eigenvalue weighted by molar-refractivity contribution is 0.00757. The number of rotatable bonds is 9. The topological polar surface area (TPSA) is 127 Å². The molecule has 202 valence electrons. The predicted octanol–water partition coefficient (Wildman–Crippen LogP) is 6.12. The first-order chi connectivity index (χ1) is 18.6. The van der Waals surface area contributed by atoms with Gasteiger partial charge in [0.15, 0.2) is 0 Å². The minimum atomic E-state index is -1.24. The Morgan fingerprint density at radius 2 is 1.74 bits per heavy atom. The molecule has 39 heavy (non-hydrogen) atoms. The van der Waals surface area contributed by atoms with Gasteiger partial charge in [-0.3, -0.25) is 10.4 Å². The molecule has 0 unspecified atom stereocenters. The Bertz CT molecular complexity index is 1480. The van der Waals surface area contributed by atoms with Crippen molar-refractivity contribution in [3.8, 4) is 5.75 Å². The van der Waals surface area contributed by atoms with Crippen LogP contribution in [0.4, 0.5) is 5.69 Å². The normalized spacial score (nSPS) is 16.8. The van der Waals surface area contributed by atoms with Gasteiger partial charge in [-0.15, -0.1) is 0 Å². The zero-order valence-electron chi connectivity index (χ0n) is 20.5. The minimum absolute atomic E-state index is 0.0111. The lowest BCUT2D eigenvalue weighted by Crippen LogP contribution is -2.59. The summed E-state index contributed by atoms with van der Waals surface area (Å²) in [6, 6.07) is 11.4. The Labute approximate surface area is 239 Å². The van der Waals surface area contributed by atoms with Gasteiger partial charge in [-0.25, -0.2) is 4.79 Å². The van der Waals surface area contributed by atoms with Crippen LogP contribution in [0.15, 0.2) is 66.2 Å². The fourth-order valence-electron chi connectivity index (χ4n) is 4.54. The number of anilines is 1. The van der Waals surface area contributed by atoms with E-state index in [1.54, 1.807) is 42.6 Å². The van der Waals surface area contributed by atoms with E-state index in [1.807, 2.05) is 4.90 Å². The van der Waals surface area contributed by atoms with Gasteiger partial charge in [0, 0.05) is 23.2 Å². The number of aromatic nitrogens is 1. The van der Waals surface area contributed by atoms with Crippen LogP contribution in [0.25, 0.3) is 0 Å². The summed E-state index contributed by atoms with van der Waals surface area (Å²) in [4.78, 5) is 17.0. The van der Waals surface area contributed by atoms with Gasteiger partial charge in [0.2, 0.25) is 0 Å². The SMILES string of the molecule is N=C(/C(COc1ccc(C2(O)CN(c3cncc(C(=O)O)c3)C2)c(Cl)c1)=C(\O)C1CC1)c1c(Cl)cccc1Cl. The van der Waals surface area contributed by atoms with E-state index in [-0.39, 0.29) is 53.2 Å². The third-order valence-electron chi connectivity index (χ3n) is 6.85. The van der Waals surface area contributed by atoms with Gasteiger partial charge in [0.25, 0.3) is 0 Å². The number of nitrogens with one attached hydrogen (secondary N) is 1. The maximum Gasteiger partial charge on any atom is 0.337 e. The summed E-state index contributed by atoms with van der Waals surface area (Å²) in [7, 11) is 0. The number of benzene rings is 2. The van der Waals surface area contributed by atoms with Crippen molar-refractivity contribution in [3.05, 3.63) is 97.9 Å². The Morgan fingerprint density at radius 1 is 1.05 bits per heavy atom. The number of carboxylic acids is 1. The first kappa shape index (κ1) is 27.3. The lowest BCUT2D eigenvalue weighted by Gasteiger charge is -2.48. The highest BCUT2D eigenvalue weighted by atomic mass is 35.5. The summed E-state index contributed by atoms with van der Waals surface area (Å²) < 4.78 is 5.93. The number of hydrogen-bond donors (Lipinski definition) is 4. The van der Waals surface area contributed by atoms with Crippen molar-refractivity contribution in [2.75, 3.05) is 24.6 Å². The quantitative estimate of drug-likeness (QED) is 0.175. The first-order valence-electron chi connectivity index (χ1n) is 12.1. The molecule has 0 atom stereocenters. The molecule has 1 saturated carbocycles. The molecule has 1 aliphatic carbocycles. The van der Waals surface area contributed by atoms with Gasteiger partial charge >= 0.3 is 5.97 Å². The number of aromatic carboxylic acids is 1. The molecule has 8 nitrogen and oxygen atoms in total. The molecule has 2 heterocycles. The van der Waals surface area contributed by atoms with Gasteiger partial charge in [-0.05, 0) is 43.2 Å². The van der Waals surface area contributed by atoms with E-state index in [2.05, 4.69) is 4.98 Å². The molecule has 1 aromatic heterocycles. The van der Waals surface area contributed by atoms with Gasteiger partial charge in [0.1, 0.15) is 23.7 Å². The van der Waals surface area contributed by atoms with Gasteiger partial charge < -0.3 is 25.0 Å². The summed E-state index contributed by atoms with van der Waals surface area (Å²) in [5.41, 5.74) is 0.511. The van der Waals surface area contributed by atoms with Crippen LogP contribution in [-0.4, -0.2) is 51.7 Å². The number of hydrogen-bond acceptors (Lipinski definition) is 7. The second kappa shape index (κ2) is 10.7. The monoisotopic (exact) mass is 587 g/mol. The molecule has 0 spiro atoms. The third-order valence-corrected chi connectivity index (χ3v) is 7.80. The van der Waals surface area contributed by atoms with Crippen molar-refractivity contribution in [1.82, 2.24) is 4.98 Å². The highest BCUT2D eigenvalue weighted by molar-refractivity contribution is 6.41. The first-order valence-corrected chi connectivity index (χ1v) is 13.2. The van der Waals surface area contributed by atoms with E-state index in [9.17, 15) is 20.1 Å². The number of aliphatic hydroxyl groups is 2. The number of carbonyl (C=O) groups is 1. The Hall–Kier alpha value is -3.30. The van der Waals surface area contributed by atoms with Gasteiger partial charge in [0.05, 0.1) is 56.9 Å². The van der Waals surface area contributed by atoms with Crippen LogP contribution < -0.4 is 9.64 Å². The van der Waals surface area contributed by atoms with Crippen LogP contribution in [0.2, 0.25) is 15.1 Å². The van der Waals surface area contributed by atoms with E-state index < -0.39 is 11.6 Å². The highest BCUT2D eigenvalue weighted by Crippen LogP contribution is 2.41. The number of carboxylic acid groups (broad SMARTS) is 1. The average Bonchev–Trinajstić information content (AvgIpc) is 3.72. The summed E-state index contributed by atoms with van der Waals surface area (Å²) >= 11 is 19.2. The summed E-state index contributed by atoms with van der Waals surface area (Å²) in [5, 5.41) is 40.8. The second-order valence-electron chi connectivity index (χ2n) is 9.66. The van der Waals surface area contributed by atoms with Crippen molar-refractivity contribution in [2.45, 2.75) is 18.4 Å². The number of ether oxygens (including phenoxy) is 1. The van der Waals surface area contributed by atoms with Crippen molar-refractivity contribution in [3.63, 3.8) is 0 Å². The molecule has 1 aliphatic heterocycles. The van der Waals surface area contributed by atoms with E-state index in [1.165, 1.54) is 12.3 Å². The zero-order chi connectivity index (χ0) is 27.9. The molecule has 4 N–H and O–H groups in total. The number of nitrogens with zero attached hydrogens (tertiary/aromatic N) is 2. The molecule has 0 bridgehead atoms. The fourth-order valence-corrected chi connectivity index (χ4v) is 5.47. The maximum atomic E-state index is 11.2. The van der Waals surface area contributed by atoms with E-state index in [0.29, 0.717) is 32.6 Å². The van der Waals surface area contributed by atoms with Crippen molar-refractivity contribution in [1.29, 1.82) is 5.41 Å². The van der Waals surface area contributed by atoms with E-state index >= 15 is 0 Å². The van der Waals surface area contributed by atoms with Crippen molar-refractivity contribution in [2.24, 2.45) is 5.92 Å². The van der Waals surface area contributed by atoms with Crippen molar-refractivity contribution >= 4 is 52.2 Å². The molecule has 2 aromatic carbocycles. The van der Waals surface area contributed by atoms with Gasteiger partial charge in [-0.2, -0.15) is 0 Å². The zero-order valence-corrected chi connectivity index (χ0v) is 22.8. The van der Waals surface area contributed by atoms with Crippen LogP contribution in [0.5, 0.6) is 5.75 Å². The Kier molecular flexibility index (Phi) is 7.48. The molecule has 5 rings (SSSR count). The Morgan fingerprint density at radius 3 is 2.36 bits per heavy atom. The molecular weight excluding hydrogens is 565 g/mol. The molecular formula is C28H24Cl3N3O5.